The zero-order valence-corrected chi connectivity index (χ0v) is 18.4. The first kappa shape index (κ1) is 21.2. The van der Waals surface area contributed by atoms with Gasteiger partial charge >= 0.3 is 0 Å². The van der Waals surface area contributed by atoms with Crippen molar-refractivity contribution < 1.29 is 4.79 Å². The maximum atomic E-state index is 12.8. The van der Waals surface area contributed by atoms with Crippen LogP contribution in [0.25, 0.3) is 5.65 Å². The van der Waals surface area contributed by atoms with Gasteiger partial charge in [-0.05, 0) is 31.5 Å². The van der Waals surface area contributed by atoms with Gasteiger partial charge in [-0.2, -0.15) is 4.52 Å². The number of piperazine rings is 1. The molecule has 3 heterocycles. The van der Waals surface area contributed by atoms with Gasteiger partial charge in [0.15, 0.2) is 11.5 Å². The van der Waals surface area contributed by atoms with Crippen LogP contribution < -0.4 is 4.90 Å². The summed E-state index contributed by atoms with van der Waals surface area (Å²) in [6.07, 6.45) is 0.968. The Kier molecular flexibility index (Phi) is 6.76. The smallest absolute Gasteiger partial charge is 0.223 e. The van der Waals surface area contributed by atoms with Crippen LogP contribution in [0.3, 0.4) is 0 Å². The third-order valence-corrected chi connectivity index (χ3v) is 5.94. The van der Waals surface area contributed by atoms with E-state index in [1.807, 2.05) is 23.1 Å². The Balaban J connectivity index is 1.32. The van der Waals surface area contributed by atoms with E-state index >= 15 is 0 Å². The number of carbonyl (C=O) groups excluding carboxylic acids is 1. The molecule has 1 saturated heterocycles. The average molecular weight is 422 g/mol. The third-order valence-electron chi connectivity index (χ3n) is 5.94. The molecule has 0 radical (unpaired) electrons. The monoisotopic (exact) mass is 421 g/mol. The second-order valence-corrected chi connectivity index (χ2v) is 7.89. The van der Waals surface area contributed by atoms with Gasteiger partial charge in [0, 0.05) is 58.7 Å². The number of aryl methyl sites for hydroxylation is 1. The highest BCUT2D eigenvalue weighted by Crippen LogP contribution is 2.14. The van der Waals surface area contributed by atoms with E-state index in [1.165, 1.54) is 5.56 Å². The van der Waals surface area contributed by atoms with E-state index in [0.29, 0.717) is 18.5 Å². The van der Waals surface area contributed by atoms with Crippen LogP contribution in [0.4, 0.5) is 5.82 Å². The van der Waals surface area contributed by atoms with Crippen LogP contribution in [0.2, 0.25) is 0 Å². The Morgan fingerprint density at radius 1 is 0.968 bits per heavy atom. The van der Waals surface area contributed by atoms with E-state index < -0.39 is 0 Å². The Morgan fingerprint density at radius 3 is 2.42 bits per heavy atom. The normalized spacial score (nSPS) is 14.8. The van der Waals surface area contributed by atoms with E-state index in [-0.39, 0.29) is 5.91 Å². The predicted octanol–water partition coefficient (Wildman–Crippen LogP) is 2.25. The zero-order chi connectivity index (χ0) is 21.6. The number of anilines is 1. The Bertz CT molecular complexity index is 992. The summed E-state index contributed by atoms with van der Waals surface area (Å²) >= 11 is 0. The highest BCUT2D eigenvalue weighted by atomic mass is 16.2. The van der Waals surface area contributed by atoms with Crippen LogP contribution in [-0.4, -0.2) is 74.8 Å². The molecule has 0 N–H and O–H groups in total. The van der Waals surface area contributed by atoms with Crippen molar-refractivity contribution in [3.8, 4) is 0 Å². The van der Waals surface area contributed by atoms with Crippen molar-refractivity contribution in [1.29, 1.82) is 0 Å². The van der Waals surface area contributed by atoms with Crippen molar-refractivity contribution in [2.45, 2.75) is 33.2 Å². The third kappa shape index (κ3) is 5.02. The van der Waals surface area contributed by atoms with Crippen molar-refractivity contribution in [2.75, 3.05) is 44.2 Å². The second-order valence-electron chi connectivity index (χ2n) is 7.89. The highest BCUT2D eigenvalue weighted by Gasteiger charge is 2.21. The summed E-state index contributed by atoms with van der Waals surface area (Å²) in [4.78, 5) is 19.3. The molecule has 31 heavy (non-hydrogen) atoms. The fraction of sp³-hybridized carbons (Fsp3) is 0.478. The van der Waals surface area contributed by atoms with Crippen molar-refractivity contribution >= 4 is 17.4 Å². The first-order valence-corrected chi connectivity index (χ1v) is 11.2. The number of benzene rings is 1. The molecule has 1 amide bonds. The molecular formula is C23H31N7O. The molecule has 0 saturated carbocycles. The maximum Gasteiger partial charge on any atom is 0.223 e. The minimum absolute atomic E-state index is 0.177. The number of aromatic nitrogens is 4. The molecule has 0 bridgehead atoms. The second kappa shape index (κ2) is 9.87. The molecule has 1 aliphatic rings. The van der Waals surface area contributed by atoms with Gasteiger partial charge in [0.05, 0.1) is 0 Å². The Labute approximate surface area is 183 Å². The zero-order valence-electron chi connectivity index (χ0n) is 18.4. The summed E-state index contributed by atoms with van der Waals surface area (Å²) < 4.78 is 1.78. The first-order chi connectivity index (χ1) is 15.2. The lowest BCUT2D eigenvalue weighted by atomic mass is 10.2. The lowest BCUT2D eigenvalue weighted by Crippen LogP contribution is -2.48. The molecule has 0 aliphatic carbocycles. The molecule has 1 fully saturated rings. The summed E-state index contributed by atoms with van der Waals surface area (Å²) in [7, 11) is 0. The largest absolute Gasteiger partial charge is 0.356 e. The van der Waals surface area contributed by atoms with Crippen molar-refractivity contribution in [3.63, 3.8) is 0 Å². The molecule has 0 spiro atoms. The number of carbonyl (C=O) groups is 1. The van der Waals surface area contributed by atoms with Crippen LogP contribution in [0.5, 0.6) is 0 Å². The number of hydrogen-bond donors (Lipinski definition) is 0. The van der Waals surface area contributed by atoms with Gasteiger partial charge in [0.25, 0.3) is 0 Å². The van der Waals surface area contributed by atoms with Crippen LogP contribution >= 0.6 is 0 Å². The Hall–Kier alpha value is -3.00. The fourth-order valence-electron chi connectivity index (χ4n) is 4.07. The van der Waals surface area contributed by atoms with Crippen LogP contribution in [0.15, 0.2) is 42.5 Å². The molecule has 8 nitrogen and oxygen atoms in total. The summed E-state index contributed by atoms with van der Waals surface area (Å²) in [5.41, 5.74) is 2.03. The van der Waals surface area contributed by atoms with E-state index in [2.05, 4.69) is 58.1 Å². The molecule has 164 valence electrons. The molecule has 1 aromatic carbocycles. The Morgan fingerprint density at radius 2 is 1.71 bits per heavy atom. The van der Waals surface area contributed by atoms with Gasteiger partial charge in [0.2, 0.25) is 5.91 Å². The minimum atomic E-state index is 0.177. The lowest BCUT2D eigenvalue weighted by Gasteiger charge is -2.34. The summed E-state index contributed by atoms with van der Waals surface area (Å²) in [5.74, 6) is 1.82. The standard InChI is InChI=1S/C23H31N7O/c1-3-28(4-2)22-11-10-20-24-25-21(30(20)26-22)12-13-23(31)29-16-14-27(15-17-29)18-19-8-6-5-7-9-19/h5-11H,3-4,12-18H2,1-2H3. The molecular weight excluding hydrogens is 390 g/mol. The van der Waals surface area contributed by atoms with E-state index in [4.69, 9.17) is 5.10 Å². The van der Waals surface area contributed by atoms with Gasteiger partial charge in [-0.25, -0.2) is 0 Å². The average Bonchev–Trinajstić information content (AvgIpc) is 3.22. The van der Waals surface area contributed by atoms with Gasteiger partial charge in [0.1, 0.15) is 5.82 Å². The number of hydrogen-bond acceptors (Lipinski definition) is 6. The maximum absolute atomic E-state index is 12.8. The van der Waals surface area contributed by atoms with E-state index in [1.54, 1.807) is 4.52 Å². The lowest BCUT2D eigenvalue weighted by molar-refractivity contribution is -0.133. The van der Waals surface area contributed by atoms with Crippen molar-refractivity contribution in [1.82, 2.24) is 29.6 Å². The number of rotatable bonds is 8. The summed E-state index contributed by atoms with van der Waals surface area (Å²) in [6, 6.07) is 14.4. The fourth-order valence-corrected chi connectivity index (χ4v) is 4.07. The van der Waals surface area contributed by atoms with Crippen LogP contribution in [0, 0.1) is 0 Å². The molecule has 1 aliphatic heterocycles. The number of amides is 1. The molecule has 0 atom stereocenters. The van der Waals surface area contributed by atoms with Gasteiger partial charge in [-0.3, -0.25) is 9.69 Å². The molecule has 8 heteroatoms. The SMILES string of the molecule is CCN(CC)c1ccc2nnc(CCC(=O)N3CCN(Cc4ccccc4)CC3)n2n1. The number of fused-ring (bicyclic) bond motifs is 1. The van der Waals surface area contributed by atoms with Crippen LogP contribution in [0.1, 0.15) is 31.7 Å². The van der Waals surface area contributed by atoms with Crippen molar-refractivity contribution in [2.24, 2.45) is 0 Å². The molecule has 4 rings (SSSR count). The van der Waals surface area contributed by atoms with Gasteiger partial charge in [-0.15, -0.1) is 15.3 Å². The van der Waals surface area contributed by atoms with Gasteiger partial charge < -0.3 is 9.80 Å². The van der Waals surface area contributed by atoms with E-state index in [9.17, 15) is 4.79 Å². The topological polar surface area (TPSA) is 69.9 Å². The van der Waals surface area contributed by atoms with E-state index in [0.717, 1.165) is 57.5 Å². The van der Waals surface area contributed by atoms with Crippen molar-refractivity contribution in [3.05, 3.63) is 53.9 Å². The predicted molar refractivity (Wildman–Crippen MR) is 121 cm³/mol. The number of nitrogens with zero attached hydrogens (tertiary/aromatic N) is 7. The minimum Gasteiger partial charge on any atom is -0.356 e. The molecule has 2 aromatic heterocycles. The molecule has 3 aromatic rings. The van der Waals surface area contributed by atoms with Crippen LogP contribution in [-0.2, 0) is 17.8 Å². The quantitative estimate of drug-likeness (QED) is 0.556. The molecule has 0 unspecified atom stereocenters. The summed E-state index contributed by atoms with van der Waals surface area (Å²) in [5, 5.41) is 13.2. The summed E-state index contributed by atoms with van der Waals surface area (Å²) in [6.45, 7) is 10.3. The highest BCUT2D eigenvalue weighted by molar-refractivity contribution is 5.76. The van der Waals surface area contributed by atoms with Gasteiger partial charge in [-0.1, -0.05) is 30.3 Å². The first-order valence-electron chi connectivity index (χ1n) is 11.2.